The van der Waals surface area contributed by atoms with E-state index in [0.29, 0.717) is 28.1 Å². The van der Waals surface area contributed by atoms with Crippen LogP contribution in [0.5, 0.6) is 5.75 Å². The summed E-state index contributed by atoms with van der Waals surface area (Å²) in [6.45, 7) is 17.7. The quantitative estimate of drug-likeness (QED) is 0.117. The zero-order valence-corrected chi connectivity index (χ0v) is 44.3. The smallest absolute Gasteiger partial charge is 0.148 e. The van der Waals surface area contributed by atoms with Crippen molar-refractivity contribution in [3.05, 3.63) is 192 Å². The summed E-state index contributed by atoms with van der Waals surface area (Å²) in [5, 5.41) is 11.6. The second-order valence-electron chi connectivity index (χ2n) is 20.3. The van der Waals surface area contributed by atoms with E-state index in [9.17, 15) is 9.22 Å². The molecule has 2 heterocycles. The fraction of sp³-hybridized carbons (Fsp3) is 0.262. The Hall–Kier alpha value is -6.35. The number of hydrogen-bond donors (Lipinski definition) is 1. The Morgan fingerprint density at radius 3 is 1.77 bits per heavy atom. The predicted octanol–water partition coefficient (Wildman–Crippen LogP) is 17.7. The van der Waals surface area contributed by atoms with Crippen LogP contribution in [0.25, 0.3) is 83.9 Å². The molecule has 0 radical (unpaired) electrons. The molecule has 0 bridgehead atoms. The van der Waals surface area contributed by atoms with E-state index < -0.39 is 6.85 Å². The maximum Gasteiger partial charge on any atom is 0.148 e. The van der Waals surface area contributed by atoms with Crippen molar-refractivity contribution in [1.29, 1.82) is 0 Å². The second-order valence-corrected chi connectivity index (χ2v) is 20.3. The fourth-order valence-corrected chi connectivity index (χ4v) is 9.95. The van der Waals surface area contributed by atoms with Gasteiger partial charge in [0.15, 0.2) is 0 Å². The summed E-state index contributed by atoms with van der Waals surface area (Å²) in [6, 6.07) is 57.2. The van der Waals surface area contributed by atoms with Gasteiger partial charge in [0.2, 0.25) is 0 Å². The number of phenolic OH excluding ortho intramolecular Hbond substituents is 1. The van der Waals surface area contributed by atoms with Crippen LogP contribution in [-0.2, 0) is 37.3 Å². The van der Waals surface area contributed by atoms with Gasteiger partial charge in [-0.3, -0.25) is 9.55 Å². The number of para-hydroxylation sites is 2. The van der Waals surface area contributed by atoms with Crippen molar-refractivity contribution in [2.45, 2.75) is 111 Å². The van der Waals surface area contributed by atoms with Crippen LogP contribution in [0.3, 0.4) is 0 Å². The number of nitrogens with zero attached hydrogens (tertiary/aromatic N) is 3. The van der Waals surface area contributed by atoms with Crippen molar-refractivity contribution in [3.8, 4) is 78.6 Å². The van der Waals surface area contributed by atoms with Gasteiger partial charge in [-0.1, -0.05) is 183 Å². The molecular formula is C65H66N3OPt-. The Labute approximate surface area is 435 Å². The number of fused-ring (bicyclic) bond motifs is 1. The number of phenols is 1. The Kier molecular flexibility index (Phi) is 13.3. The molecule has 9 aromatic rings. The minimum Gasteiger partial charge on any atom is -0.507 e. The summed E-state index contributed by atoms with van der Waals surface area (Å²) in [6.07, 6.45) is 5.63. The number of aryl methyl sites for hydroxylation is 1. The van der Waals surface area contributed by atoms with Crippen molar-refractivity contribution in [3.63, 3.8) is 0 Å². The molecule has 0 unspecified atom stereocenters. The van der Waals surface area contributed by atoms with Crippen molar-refractivity contribution in [2.75, 3.05) is 0 Å². The molecule has 0 fully saturated rings. The molecule has 5 heteroatoms. The van der Waals surface area contributed by atoms with Crippen LogP contribution in [-0.4, -0.2) is 19.6 Å². The number of rotatable bonds is 13. The summed E-state index contributed by atoms with van der Waals surface area (Å²) < 4.78 is 29.6. The fourth-order valence-electron chi connectivity index (χ4n) is 9.95. The van der Waals surface area contributed by atoms with Crippen LogP contribution in [0.15, 0.2) is 164 Å². The molecular weight excluding hydrogens is 1030 g/mol. The topological polar surface area (TPSA) is 50.9 Å². The van der Waals surface area contributed by atoms with E-state index >= 15 is 0 Å². The van der Waals surface area contributed by atoms with Crippen molar-refractivity contribution in [1.82, 2.24) is 14.5 Å². The molecule has 0 amide bonds. The van der Waals surface area contributed by atoms with Crippen LogP contribution in [0.1, 0.15) is 114 Å². The van der Waals surface area contributed by atoms with Crippen LogP contribution in [0, 0.1) is 12.9 Å². The molecule has 9 rings (SSSR count). The minimum absolute atomic E-state index is 0. The number of benzene rings is 7. The molecule has 70 heavy (non-hydrogen) atoms. The van der Waals surface area contributed by atoms with Gasteiger partial charge in [0.05, 0.1) is 22.3 Å². The van der Waals surface area contributed by atoms with Gasteiger partial charge in [-0.2, -0.15) is 0 Å². The van der Waals surface area contributed by atoms with E-state index in [1.54, 1.807) is 12.1 Å². The van der Waals surface area contributed by atoms with Crippen LogP contribution in [0.2, 0.25) is 0 Å². The van der Waals surface area contributed by atoms with Gasteiger partial charge in [0.1, 0.15) is 11.6 Å². The molecule has 0 aliphatic heterocycles. The first-order valence-electron chi connectivity index (χ1n) is 26.2. The summed E-state index contributed by atoms with van der Waals surface area (Å²) >= 11 is 0. The number of imidazole rings is 1. The van der Waals surface area contributed by atoms with Crippen LogP contribution < -0.4 is 0 Å². The molecule has 0 aliphatic rings. The van der Waals surface area contributed by atoms with E-state index in [2.05, 4.69) is 165 Å². The molecule has 4 nitrogen and oxygen atoms in total. The van der Waals surface area contributed by atoms with E-state index in [1.165, 1.54) is 16.7 Å². The first-order chi connectivity index (χ1) is 34.4. The van der Waals surface area contributed by atoms with Gasteiger partial charge in [-0.05, 0) is 135 Å². The summed E-state index contributed by atoms with van der Waals surface area (Å²) in [4.78, 5) is 10.3. The molecule has 7 aromatic carbocycles. The monoisotopic (exact) mass is 1100 g/mol. The van der Waals surface area contributed by atoms with Crippen molar-refractivity contribution < 1.29 is 30.3 Å². The van der Waals surface area contributed by atoms with E-state index in [1.807, 2.05) is 59.3 Å². The zero-order chi connectivity index (χ0) is 51.2. The van der Waals surface area contributed by atoms with Crippen molar-refractivity contribution >= 4 is 11.0 Å². The SMILES string of the molecule is [2H]C([2H])([2H])c1cc(-c2c(C(C)(CC)CC)cccc2C(C)(CC)CC)ccc1-n1c(-c2ccccc2O)nc2c(-c3[c-]c(-c4cc(-c5ccc(-c6ccccc6)cc5)ccn4)cc(C(C)(C)C)c3)cccc21.[Pt]. The van der Waals surface area contributed by atoms with Crippen LogP contribution >= 0.6 is 0 Å². The summed E-state index contributed by atoms with van der Waals surface area (Å²) in [7, 11) is 0. The number of aromatic nitrogens is 3. The third kappa shape index (κ3) is 9.36. The second kappa shape index (κ2) is 20.2. The molecule has 2 aromatic heterocycles. The maximum absolute atomic E-state index is 11.6. The summed E-state index contributed by atoms with van der Waals surface area (Å²) in [5.41, 5.74) is 15.4. The molecule has 0 aliphatic carbocycles. The Balaban J connectivity index is 0.00000711. The average molecular weight is 1100 g/mol. The van der Waals surface area contributed by atoms with Gasteiger partial charge in [0.25, 0.3) is 0 Å². The molecule has 0 atom stereocenters. The first-order valence-corrected chi connectivity index (χ1v) is 24.7. The number of aromatic hydroxyl groups is 1. The molecule has 1 N–H and O–H groups in total. The van der Waals surface area contributed by atoms with Gasteiger partial charge in [-0.25, -0.2) is 4.98 Å². The molecule has 0 saturated carbocycles. The maximum atomic E-state index is 11.6. The molecule has 358 valence electrons. The Bertz CT molecular complexity index is 3380. The third-order valence-corrected chi connectivity index (χ3v) is 15.2. The third-order valence-electron chi connectivity index (χ3n) is 15.2. The average Bonchev–Trinajstić information content (AvgIpc) is 3.79. The van der Waals surface area contributed by atoms with Crippen LogP contribution in [0.4, 0.5) is 0 Å². The Morgan fingerprint density at radius 1 is 0.571 bits per heavy atom. The van der Waals surface area contributed by atoms with Crippen molar-refractivity contribution in [2.24, 2.45) is 0 Å². The first kappa shape index (κ1) is 46.1. The predicted molar refractivity (Wildman–Crippen MR) is 291 cm³/mol. The van der Waals surface area contributed by atoms with Gasteiger partial charge in [0, 0.05) is 37.1 Å². The molecule has 0 saturated heterocycles. The number of pyridine rings is 1. The normalized spacial score (nSPS) is 12.8. The van der Waals surface area contributed by atoms with E-state index in [0.717, 1.165) is 81.4 Å². The van der Waals surface area contributed by atoms with Gasteiger partial charge in [-0.15, -0.1) is 29.3 Å². The van der Waals surface area contributed by atoms with Gasteiger partial charge < -0.3 is 5.11 Å². The molecule has 0 spiro atoms. The Morgan fingerprint density at radius 2 is 1.14 bits per heavy atom. The zero-order valence-electron chi connectivity index (χ0n) is 45.0. The van der Waals surface area contributed by atoms with Gasteiger partial charge >= 0.3 is 0 Å². The summed E-state index contributed by atoms with van der Waals surface area (Å²) in [5.74, 6) is 0.478. The minimum atomic E-state index is -2.52. The standard InChI is InChI=1S/C65H66N3O.Pt/c1-11-64(9,12-2)54-26-21-27-55(65(10,13-3)14-4)60(54)48-34-35-57(43(5)38-48)68-58-28-20-25-52(61(58)67-62(68)53-24-18-19-29-59(53)69)49-39-50(41-51(40-49)63(6,7)8)56-42-47(36-37-66-56)46-32-30-45(31-33-46)44-22-16-15-17-23-44;/h15-38,40-42,69H,11-14H2,1-10H3;/q-1;/i5D3;. The number of hydrogen-bond acceptors (Lipinski definition) is 3. The largest absolute Gasteiger partial charge is 0.507 e. The van der Waals surface area contributed by atoms with E-state index in [4.69, 9.17) is 9.97 Å². The van der Waals surface area contributed by atoms with E-state index in [-0.39, 0.29) is 48.6 Å².